The molecule has 0 bridgehead atoms. The number of likely N-dealkylation sites (N-methyl/N-ethyl adjacent to an activating group) is 1. The highest BCUT2D eigenvalue weighted by Gasteiger charge is 2.32. The molecular formula is C9H16N2O3S. The van der Waals surface area contributed by atoms with E-state index in [4.69, 9.17) is 4.74 Å². The Morgan fingerprint density at radius 2 is 2.20 bits per heavy atom. The summed E-state index contributed by atoms with van der Waals surface area (Å²) >= 11 is 1.39. The number of carbonyl (C=O) groups excluding carboxylic acids is 2. The lowest BCUT2D eigenvalue weighted by molar-refractivity contribution is -0.125. The van der Waals surface area contributed by atoms with Gasteiger partial charge in [0.1, 0.15) is 11.6 Å². The van der Waals surface area contributed by atoms with Crippen molar-refractivity contribution in [3.05, 3.63) is 0 Å². The molecule has 0 aromatic rings. The molecule has 0 aromatic carbocycles. The van der Waals surface area contributed by atoms with Gasteiger partial charge in [0.05, 0.1) is 0 Å². The fourth-order valence-electron chi connectivity index (χ4n) is 1.09. The van der Waals surface area contributed by atoms with Crippen LogP contribution in [-0.2, 0) is 9.53 Å². The number of hydrogen-bond donors (Lipinski definition) is 1. The van der Waals surface area contributed by atoms with E-state index in [0.29, 0.717) is 5.75 Å². The maximum absolute atomic E-state index is 11.4. The number of nitrogens with one attached hydrogen (secondary N) is 1. The molecule has 0 aromatic heterocycles. The molecule has 6 heteroatoms. The predicted molar refractivity (Wildman–Crippen MR) is 58.4 cm³/mol. The molecule has 0 spiro atoms. The lowest BCUT2D eigenvalue weighted by Gasteiger charge is -2.20. The van der Waals surface area contributed by atoms with Gasteiger partial charge in [0.15, 0.2) is 0 Å². The molecule has 1 rings (SSSR count). The molecule has 1 aliphatic rings. The average molecular weight is 232 g/mol. The van der Waals surface area contributed by atoms with Gasteiger partial charge in [0.2, 0.25) is 0 Å². The Balaban J connectivity index is 2.43. The smallest absolute Gasteiger partial charge is 0.408 e. The van der Waals surface area contributed by atoms with Gasteiger partial charge in [-0.15, -0.1) is 0 Å². The summed E-state index contributed by atoms with van der Waals surface area (Å²) in [6.45, 7) is 5.35. The molecule has 1 heterocycles. The van der Waals surface area contributed by atoms with E-state index in [1.54, 1.807) is 27.8 Å². The van der Waals surface area contributed by atoms with Crippen molar-refractivity contribution in [1.29, 1.82) is 0 Å². The first kappa shape index (κ1) is 12.2. The summed E-state index contributed by atoms with van der Waals surface area (Å²) in [5.74, 6) is 0.472. The summed E-state index contributed by atoms with van der Waals surface area (Å²) in [6.07, 6.45) is -0.545. The van der Waals surface area contributed by atoms with Crippen LogP contribution in [0.3, 0.4) is 0 Å². The summed E-state index contributed by atoms with van der Waals surface area (Å²) < 4.78 is 6.57. The number of alkyl carbamates (subject to hydrolysis) is 1. The van der Waals surface area contributed by atoms with Crippen LogP contribution < -0.4 is 5.32 Å². The average Bonchev–Trinajstić information content (AvgIpc) is 2.32. The first-order valence-electron chi connectivity index (χ1n) is 4.69. The number of amides is 2. The molecule has 2 amide bonds. The molecule has 15 heavy (non-hydrogen) atoms. The molecule has 0 unspecified atom stereocenters. The predicted octanol–water partition coefficient (Wildman–Crippen LogP) is 1.000. The molecule has 1 saturated heterocycles. The Bertz CT molecular complexity index is 275. The third-order valence-electron chi connectivity index (χ3n) is 1.73. The Morgan fingerprint density at radius 1 is 1.60 bits per heavy atom. The van der Waals surface area contributed by atoms with Crippen molar-refractivity contribution in [2.24, 2.45) is 0 Å². The quantitative estimate of drug-likeness (QED) is 0.685. The van der Waals surface area contributed by atoms with E-state index in [-0.39, 0.29) is 5.91 Å². The standard InChI is InChI=1S/C9H16N2O3S/c1-9(2,3)14-8(13)10-6-5-15-11(4)7(6)12/h6H,5H2,1-4H3,(H,10,13)/t6-/m0/s1. The zero-order chi connectivity index (χ0) is 11.6. The fraction of sp³-hybridized carbons (Fsp3) is 0.778. The van der Waals surface area contributed by atoms with E-state index < -0.39 is 17.7 Å². The van der Waals surface area contributed by atoms with Gasteiger partial charge in [-0.05, 0) is 32.7 Å². The van der Waals surface area contributed by atoms with Crippen LogP contribution in [0.2, 0.25) is 0 Å². The maximum atomic E-state index is 11.4. The van der Waals surface area contributed by atoms with Crippen molar-refractivity contribution in [1.82, 2.24) is 9.62 Å². The molecule has 0 aliphatic carbocycles. The third kappa shape index (κ3) is 3.62. The summed E-state index contributed by atoms with van der Waals surface area (Å²) in [5, 5.41) is 2.54. The van der Waals surface area contributed by atoms with Crippen molar-refractivity contribution in [3.8, 4) is 0 Å². The van der Waals surface area contributed by atoms with Crippen LogP contribution in [0.4, 0.5) is 4.79 Å². The monoisotopic (exact) mass is 232 g/mol. The van der Waals surface area contributed by atoms with E-state index in [2.05, 4.69) is 5.32 Å². The van der Waals surface area contributed by atoms with Crippen molar-refractivity contribution in [2.45, 2.75) is 32.4 Å². The van der Waals surface area contributed by atoms with Gasteiger partial charge in [-0.25, -0.2) is 4.79 Å². The second-order valence-corrected chi connectivity index (χ2v) is 5.47. The van der Waals surface area contributed by atoms with Crippen molar-refractivity contribution in [3.63, 3.8) is 0 Å². The minimum Gasteiger partial charge on any atom is -0.444 e. The van der Waals surface area contributed by atoms with Crippen LogP contribution in [0.1, 0.15) is 20.8 Å². The fourth-order valence-corrected chi connectivity index (χ4v) is 1.95. The number of nitrogens with zero attached hydrogens (tertiary/aromatic N) is 1. The normalized spacial score (nSPS) is 21.7. The van der Waals surface area contributed by atoms with Crippen LogP contribution in [0.15, 0.2) is 0 Å². The summed E-state index contributed by atoms with van der Waals surface area (Å²) in [7, 11) is 1.68. The third-order valence-corrected chi connectivity index (χ3v) is 2.78. The maximum Gasteiger partial charge on any atom is 0.408 e. The highest BCUT2D eigenvalue weighted by Crippen LogP contribution is 2.19. The topological polar surface area (TPSA) is 58.6 Å². The van der Waals surface area contributed by atoms with Crippen molar-refractivity contribution in [2.75, 3.05) is 12.8 Å². The first-order chi connectivity index (χ1) is 6.79. The van der Waals surface area contributed by atoms with Crippen LogP contribution in [0.5, 0.6) is 0 Å². The molecule has 1 N–H and O–H groups in total. The number of carbonyl (C=O) groups is 2. The lowest BCUT2D eigenvalue weighted by Crippen LogP contribution is -2.44. The second-order valence-electron chi connectivity index (χ2n) is 4.33. The van der Waals surface area contributed by atoms with Crippen molar-refractivity contribution < 1.29 is 14.3 Å². The van der Waals surface area contributed by atoms with Gasteiger partial charge in [-0.3, -0.25) is 9.10 Å². The molecule has 1 aliphatic heterocycles. The number of hydrogen-bond acceptors (Lipinski definition) is 4. The van der Waals surface area contributed by atoms with E-state index in [9.17, 15) is 9.59 Å². The minimum atomic E-state index is -0.545. The van der Waals surface area contributed by atoms with Crippen LogP contribution in [-0.4, -0.2) is 40.7 Å². The van der Waals surface area contributed by atoms with E-state index in [0.717, 1.165) is 0 Å². The van der Waals surface area contributed by atoms with Gasteiger partial charge in [-0.2, -0.15) is 0 Å². The Hall–Kier alpha value is -0.910. The molecule has 1 fully saturated rings. The van der Waals surface area contributed by atoms with Crippen LogP contribution >= 0.6 is 11.9 Å². The number of ether oxygens (including phenoxy) is 1. The minimum absolute atomic E-state index is 0.0918. The largest absolute Gasteiger partial charge is 0.444 e. The van der Waals surface area contributed by atoms with Gasteiger partial charge < -0.3 is 10.1 Å². The van der Waals surface area contributed by atoms with E-state index in [1.807, 2.05) is 0 Å². The Labute approximate surface area is 93.7 Å². The van der Waals surface area contributed by atoms with E-state index >= 15 is 0 Å². The SMILES string of the molecule is CN1SC[C@H](NC(=O)OC(C)(C)C)C1=O. The molecule has 5 nitrogen and oxygen atoms in total. The summed E-state index contributed by atoms with van der Waals surface area (Å²) in [4.78, 5) is 22.8. The summed E-state index contributed by atoms with van der Waals surface area (Å²) in [5.41, 5.74) is -0.537. The highest BCUT2D eigenvalue weighted by molar-refractivity contribution is 7.98. The van der Waals surface area contributed by atoms with Gasteiger partial charge in [-0.1, -0.05) is 0 Å². The first-order valence-corrected chi connectivity index (χ1v) is 5.64. The van der Waals surface area contributed by atoms with Gasteiger partial charge in [0.25, 0.3) is 5.91 Å². The molecule has 86 valence electrons. The summed E-state index contributed by atoms with van der Waals surface area (Å²) in [6, 6.07) is -0.463. The van der Waals surface area contributed by atoms with Crippen LogP contribution in [0.25, 0.3) is 0 Å². The molecule has 0 radical (unpaired) electrons. The van der Waals surface area contributed by atoms with Gasteiger partial charge >= 0.3 is 6.09 Å². The Kier molecular flexibility index (Phi) is 3.49. The zero-order valence-electron chi connectivity index (χ0n) is 9.36. The van der Waals surface area contributed by atoms with Gasteiger partial charge in [0, 0.05) is 12.8 Å². The molecule has 0 saturated carbocycles. The molecule has 1 atom stereocenters. The van der Waals surface area contributed by atoms with Crippen LogP contribution in [0, 0.1) is 0 Å². The highest BCUT2D eigenvalue weighted by atomic mass is 32.2. The number of rotatable bonds is 1. The van der Waals surface area contributed by atoms with E-state index in [1.165, 1.54) is 16.3 Å². The molecular weight excluding hydrogens is 216 g/mol. The Morgan fingerprint density at radius 3 is 2.60 bits per heavy atom. The second kappa shape index (κ2) is 4.30. The zero-order valence-corrected chi connectivity index (χ0v) is 10.2. The van der Waals surface area contributed by atoms with Crippen molar-refractivity contribution >= 4 is 23.9 Å². The lowest BCUT2D eigenvalue weighted by atomic mass is 10.2.